The van der Waals surface area contributed by atoms with Crippen molar-refractivity contribution >= 4 is 17.4 Å². The maximum atomic E-state index is 11.7. The number of amides is 2. The lowest BCUT2D eigenvalue weighted by Gasteiger charge is -2.21. The molecule has 4 nitrogen and oxygen atoms in total. The molecule has 88 valence electrons. The van der Waals surface area contributed by atoms with E-state index in [0.29, 0.717) is 11.4 Å². The maximum absolute atomic E-state index is 11.7. The third-order valence-corrected chi connectivity index (χ3v) is 2.03. The average Bonchev–Trinajstić information content (AvgIpc) is 2.08. The van der Waals surface area contributed by atoms with E-state index in [1.165, 1.54) is 0 Å². The van der Waals surface area contributed by atoms with Gasteiger partial charge in [-0.3, -0.25) is 0 Å². The van der Waals surface area contributed by atoms with Crippen LogP contribution in [-0.2, 0) is 0 Å². The van der Waals surface area contributed by atoms with Crippen LogP contribution in [0.4, 0.5) is 16.2 Å². The van der Waals surface area contributed by atoms with E-state index in [2.05, 4.69) is 10.6 Å². The summed E-state index contributed by atoms with van der Waals surface area (Å²) in [5.74, 6) is 0. The van der Waals surface area contributed by atoms with Gasteiger partial charge in [0.15, 0.2) is 0 Å². The van der Waals surface area contributed by atoms with E-state index in [9.17, 15) is 4.79 Å². The van der Waals surface area contributed by atoms with Crippen LogP contribution < -0.4 is 16.4 Å². The van der Waals surface area contributed by atoms with Crippen LogP contribution in [0.5, 0.6) is 0 Å². The average molecular weight is 221 g/mol. The second kappa shape index (κ2) is 4.43. The molecule has 0 spiro atoms. The third kappa shape index (κ3) is 3.46. The Morgan fingerprint density at radius 2 is 1.94 bits per heavy atom. The van der Waals surface area contributed by atoms with Crippen LogP contribution in [0.25, 0.3) is 0 Å². The molecule has 0 aliphatic rings. The van der Waals surface area contributed by atoms with Crippen LogP contribution >= 0.6 is 0 Å². The number of hydrogen-bond donors (Lipinski definition) is 3. The fourth-order valence-electron chi connectivity index (χ4n) is 1.35. The van der Waals surface area contributed by atoms with Crippen LogP contribution in [0.15, 0.2) is 18.2 Å². The number of aryl methyl sites for hydroxylation is 1. The van der Waals surface area contributed by atoms with Gasteiger partial charge in [0.25, 0.3) is 0 Å². The lowest BCUT2D eigenvalue weighted by molar-refractivity contribution is 0.244. The number of urea groups is 1. The van der Waals surface area contributed by atoms with Gasteiger partial charge in [-0.25, -0.2) is 4.79 Å². The molecule has 1 rings (SSSR count). The van der Waals surface area contributed by atoms with Crippen molar-refractivity contribution in [2.75, 3.05) is 11.1 Å². The quantitative estimate of drug-likeness (QED) is 0.638. The van der Waals surface area contributed by atoms with Crippen molar-refractivity contribution < 1.29 is 4.79 Å². The number of carbonyl (C=O) groups excluding carboxylic acids is 1. The minimum Gasteiger partial charge on any atom is -0.397 e. The molecule has 0 radical (unpaired) electrons. The summed E-state index contributed by atoms with van der Waals surface area (Å²) >= 11 is 0. The molecule has 2 amide bonds. The summed E-state index contributed by atoms with van der Waals surface area (Å²) in [5, 5.41) is 5.58. The molecule has 4 heteroatoms. The van der Waals surface area contributed by atoms with Crippen LogP contribution in [0.3, 0.4) is 0 Å². The van der Waals surface area contributed by atoms with Crippen molar-refractivity contribution in [3.05, 3.63) is 23.8 Å². The van der Waals surface area contributed by atoms with Crippen LogP contribution in [0.2, 0.25) is 0 Å². The smallest absolute Gasteiger partial charge is 0.319 e. The Bertz CT molecular complexity index is 373. The van der Waals surface area contributed by atoms with Crippen molar-refractivity contribution in [3.63, 3.8) is 0 Å². The monoisotopic (exact) mass is 221 g/mol. The van der Waals surface area contributed by atoms with Gasteiger partial charge in [-0.05, 0) is 39.3 Å². The number of benzene rings is 1. The Labute approximate surface area is 96.2 Å². The lowest BCUT2D eigenvalue weighted by atomic mass is 10.1. The van der Waals surface area contributed by atoms with Gasteiger partial charge >= 0.3 is 6.03 Å². The number of nitrogens with two attached hydrogens (primary N) is 1. The summed E-state index contributed by atoms with van der Waals surface area (Å²) in [6.45, 7) is 7.68. The number of carbonyl (C=O) groups is 1. The molecular weight excluding hydrogens is 202 g/mol. The SMILES string of the molecule is Cc1cccc(N)c1NC(=O)NC(C)(C)C. The molecule has 0 fully saturated rings. The predicted molar refractivity (Wildman–Crippen MR) is 67.5 cm³/mol. The molecule has 0 atom stereocenters. The number of nitrogens with one attached hydrogen (secondary N) is 2. The van der Waals surface area contributed by atoms with Gasteiger partial charge in [-0.1, -0.05) is 12.1 Å². The van der Waals surface area contributed by atoms with E-state index in [1.54, 1.807) is 6.07 Å². The summed E-state index contributed by atoms with van der Waals surface area (Å²) < 4.78 is 0. The zero-order valence-corrected chi connectivity index (χ0v) is 10.2. The first-order valence-electron chi connectivity index (χ1n) is 5.24. The Morgan fingerprint density at radius 1 is 1.31 bits per heavy atom. The van der Waals surface area contributed by atoms with Crippen LogP contribution in [-0.4, -0.2) is 11.6 Å². The standard InChI is InChI=1S/C12H19N3O/c1-8-6-5-7-9(13)10(8)14-11(16)15-12(2,3)4/h5-7H,13H2,1-4H3,(H2,14,15,16). The molecule has 0 aromatic heterocycles. The summed E-state index contributed by atoms with van der Waals surface area (Å²) in [7, 11) is 0. The molecule has 0 bridgehead atoms. The molecule has 0 heterocycles. The van der Waals surface area contributed by atoms with E-state index in [0.717, 1.165) is 5.56 Å². The number of para-hydroxylation sites is 1. The highest BCUT2D eigenvalue weighted by molar-refractivity contribution is 5.94. The van der Waals surface area contributed by atoms with E-state index < -0.39 is 0 Å². The summed E-state index contributed by atoms with van der Waals surface area (Å²) in [4.78, 5) is 11.7. The normalized spacial score (nSPS) is 11.0. The van der Waals surface area contributed by atoms with Gasteiger partial charge < -0.3 is 16.4 Å². The molecule has 0 unspecified atom stereocenters. The Balaban J connectivity index is 2.78. The van der Waals surface area contributed by atoms with Crippen molar-refractivity contribution in [2.45, 2.75) is 33.2 Å². The number of hydrogen-bond acceptors (Lipinski definition) is 2. The van der Waals surface area contributed by atoms with Gasteiger partial charge in [-0.15, -0.1) is 0 Å². The molecule has 1 aromatic rings. The molecule has 0 aliphatic carbocycles. The first kappa shape index (κ1) is 12.4. The molecular formula is C12H19N3O. The van der Waals surface area contributed by atoms with E-state index >= 15 is 0 Å². The lowest BCUT2D eigenvalue weighted by Crippen LogP contribution is -2.43. The molecule has 4 N–H and O–H groups in total. The first-order chi connectivity index (χ1) is 7.29. The van der Waals surface area contributed by atoms with E-state index in [1.807, 2.05) is 39.8 Å². The van der Waals surface area contributed by atoms with Gasteiger partial charge in [0.2, 0.25) is 0 Å². The van der Waals surface area contributed by atoms with Gasteiger partial charge in [0.05, 0.1) is 11.4 Å². The highest BCUT2D eigenvalue weighted by Crippen LogP contribution is 2.22. The minimum atomic E-state index is -0.262. The number of anilines is 2. The van der Waals surface area contributed by atoms with E-state index in [-0.39, 0.29) is 11.6 Å². The van der Waals surface area contributed by atoms with Crippen molar-refractivity contribution in [3.8, 4) is 0 Å². The summed E-state index contributed by atoms with van der Waals surface area (Å²) in [5.41, 5.74) is 7.72. The first-order valence-corrected chi connectivity index (χ1v) is 5.24. The molecule has 0 saturated carbocycles. The summed E-state index contributed by atoms with van der Waals surface area (Å²) in [6, 6.07) is 5.29. The van der Waals surface area contributed by atoms with Crippen LogP contribution in [0, 0.1) is 6.92 Å². The summed E-state index contributed by atoms with van der Waals surface area (Å²) in [6.07, 6.45) is 0. The fourth-order valence-corrected chi connectivity index (χ4v) is 1.35. The Kier molecular flexibility index (Phi) is 3.42. The third-order valence-electron chi connectivity index (χ3n) is 2.03. The Hall–Kier alpha value is -1.71. The zero-order chi connectivity index (χ0) is 12.3. The van der Waals surface area contributed by atoms with Gasteiger partial charge in [-0.2, -0.15) is 0 Å². The molecule has 16 heavy (non-hydrogen) atoms. The van der Waals surface area contributed by atoms with E-state index in [4.69, 9.17) is 5.73 Å². The van der Waals surface area contributed by atoms with Gasteiger partial charge in [0, 0.05) is 5.54 Å². The second-order valence-corrected chi connectivity index (χ2v) is 4.87. The largest absolute Gasteiger partial charge is 0.397 e. The molecule has 1 aromatic carbocycles. The zero-order valence-electron chi connectivity index (χ0n) is 10.2. The topological polar surface area (TPSA) is 67.1 Å². The fraction of sp³-hybridized carbons (Fsp3) is 0.417. The van der Waals surface area contributed by atoms with Crippen molar-refractivity contribution in [2.24, 2.45) is 0 Å². The van der Waals surface area contributed by atoms with Crippen molar-refractivity contribution in [1.29, 1.82) is 0 Å². The van der Waals surface area contributed by atoms with Crippen LogP contribution in [0.1, 0.15) is 26.3 Å². The minimum absolute atomic E-state index is 0.242. The second-order valence-electron chi connectivity index (χ2n) is 4.87. The number of rotatable bonds is 1. The highest BCUT2D eigenvalue weighted by Gasteiger charge is 2.14. The Morgan fingerprint density at radius 3 is 2.44 bits per heavy atom. The number of nitrogen functional groups attached to an aromatic ring is 1. The van der Waals surface area contributed by atoms with Gasteiger partial charge in [0.1, 0.15) is 0 Å². The maximum Gasteiger partial charge on any atom is 0.319 e. The highest BCUT2D eigenvalue weighted by atomic mass is 16.2. The molecule has 0 saturated heterocycles. The van der Waals surface area contributed by atoms with Crippen molar-refractivity contribution in [1.82, 2.24) is 5.32 Å². The molecule has 0 aliphatic heterocycles. The predicted octanol–water partition coefficient (Wildman–Crippen LogP) is 2.50.